The molecule has 0 spiro atoms. The predicted molar refractivity (Wildman–Crippen MR) is 84.7 cm³/mol. The molecule has 0 atom stereocenters. The Hall–Kier alpha value is -2.10. The second-order valence-electron chi connectivity index (χ2n) is 5.31. The van der Waals surface area contributed by atoms with E-state index in [9.17, 15) is 5.26 Å². The summed E-state index contributed by atoms with van der Waals surface area (Å²) in [6.45, 7) is 4.30. The van der Waals surface area contributed by atoms with Crippen LogP contribution in [0.2, 0.25) is 5.15 Å². The molecule has 3 heterocycles. The maximum atomic E-state index is 9.18. The Morgan fingerprint density at radius 2 is 2.05 bits per heavy atom. The van der Waals surface area contributed by atoms with Crippen molar-refractivity contribution in [2.45, 2.75) is 6.54 Å². The first kappa shape index (κ1) is 14.8. The van der Waals surface area contributed by atoms with E-state index in [0.717, 1.165) is 44.4 Å². The molecular weight excluding hydrogens is 300 g/mol. The molecule has 0 radical (unpaired) electrons. The van der Waals surface area contributed by atoms with E-state index in [1.54, 1.807) is 18.5 Å². The van der Waals surface area contributed by atoms with Crippen LogP contribution in [0.5, 0.6) is 0 Å². The SMILES string of the molecule is Cn1c(Cl)cnc1CN1CCN(c2ncccc2C#N)CC1. The summed E-state index contributed by atoms with van der Waals surface area (Å²) in [5.41, 5.74) is 0.631. The molecule has 0 saturated carbocycles. The van der Waals surface area contributed by atoms with Gasteiger partial charge in [0, 0.05) is 39.4 Å². The summed E-state index contributed by atoms with van der Waals surface area (Å²) >= 11 is 6.02. The molecule has 22 heavy (non-hydrogen) atoms. The molecule has 0 N–H and O–H groups in total. The van der Waals surface area contributed by atoms with Crippen molar-refractivity contribution < 1.29 is 0 Å². The van der Waals surface area contributed by atoms with Crippen LogP contribution in [-0.2, 0) is 13.6 Å². The van der Waals surface area contributed by atoms with Crippen LogP contribution in [0, 0.1) is 11.3 Å². The zero-order valence-electron chi connectivity index (χ0n) is 12.4. The van der Waals surface area contributed by atoms with E-state index in [-0.39, 0.29) is 0 Å². The molecule has 2 aromatic rings. The van der Waals surface area contributed by atoms with E-state index in [1.165, 1.54) is 0 Å². The molecule has 1 aliphatic heterocycles. The third-order valence-electron chi connectivity index (χ3n) is 3.97. The zero-order valence-corrected chi connectivity index (χ0v) is 13.2. The van der Waals surface area contributed by atoms with Gasteiger partial charge in [-0.15, -0.1) is 0 Å². The van der Waals surface area contributed by atoms with Crippen molar-refractivity contribution >= 4 is 17.4 Å². The topological polar surface area (TPSA) is 61.0 Å². The largest absolute Gasteiger partial charge is 0.353 e. The lowest BCUT2D eigenvalue weighted by molar-refractivity contribution is 0.241. The minimum Gasteiger partial charge on any atom is -0.353 e. The summed E-state index contributed by atoms with van der Waals surface area (Å²) in [5, 5.41) is 9.83. The number of anilines is 1. The molecule has 3 rings (SSSR count). The Labute approximate surface area is 134 Å². The van der Waals surface area contributed by atoms with Gasteiger partial charge in [0.15, 0.2) is 0 Å². The molecule has 114 valence electrons. The van der Waals surface area contributed by atoms with Crippen molar-refractivity contribution in [2.75, 3.05) is 31.1 Å². The molecule has 1 saturated heterocycles. The molecule has 0 aromatic carbocycles. The Balaban J connectivity index is 1.63. The van der Waals surface area contributed by atoms with Gasteiger partial charge in [0.2, 0.25) is 0 Å². The lowest BCUT2D eigenvalue weighted by Gasteiger charge is -2.35. The number of pyridine rings is 1. The van der Waals surface area contributed by atoms with E-state index in [4.69, 9.17) is 11.6 Å². The highest BCUT2D eigenvalue weighted by Gasteiger charge is 2.21. The highest BCUT2D eigenvalue weighted by Crippen LogP contribution is 2.19. The molecule has 0 amide bonds. The van der Waals surface area contributed by atoms with Gasteiger partial charge < -0.3 is 9.47 Å². The molecule has 0 bridgehead atoms. The molecule has 0 aliphatic carbocycles. The molecular formula is C15H17ClN6. The highest BCUT2D eigenvalue weighted by atomic mass is 35.5. The molecule has 1 fully saturated rings. The van der Waals surface area contributed by atoms with Crippen LogP contribution in [0.25, 0.3) is 0 Å². The fraction of sp³-hybridized carbons (Fsp3) is 0.400. The molecule has 0 unspecified atom stereocenters. The fourth-order valence-electron chi connectivity index (χ4n) is 2.63. The van der Waals surface area contributed by atoms with Crippen molar-refractivity contribution in [3.63, 3.8) is 0 Å². The lowest BCUT2D eigenvalue weighted by atomic mass is 10.2. The predicted octanol–water partition coefficient (Wildman–Crippen LogP) is 1.66. The first-order valence-electron chi connectivity index (χ1n) is 7.17. The van der Waals surface area contributed by atoms with E-state index >= 15 is 0 Å². The monoisotopic (exact) mass is 316 g/mol. The first-order chi connectivity index (χ1) is 10.7. The smallest absolute Gasteiger partial charge is 0.146 e. The van der Waals surface area contributed by atoms with Gasteiger partial charge in [0.25, 0.3) is 0 Å². The van der Waals surface area contributed by atoms with Gasteiger partial charge in [-0.1, -0.05) is 11.6 Å². The summed E-state index contributed by atoms with van der Waals surface area (Å²) in [4.78, 5) is 13.2. The molecule has 6 nitrogen and oxygen atoms in total. The zero-order chi connectivity index (χ0) is 15.5. The number of halogens is 1. The van der Waals surface area contributed by atoms with Crippen LogP contribution in [0.15, 0.2) is 24.5 Å². The Kier molecular flexibility index (Phi) is 4.27. The fourth-order valence-corrected chi connectivity index (χ4v) is 2.77. The number of rotatable bonds is 3. The lowest BCUT2D eigenvalue weighted by Crippen LogP contribution is -2.46. The first-order valence-corrected chi connectivity index (χ1v) is 7.55. The van der Waals surface area contributed by atoms with Crippen molar-refractivity contribution in [3.05, 3.63) is 41.1 Å². The number of nitriles is 1. The average Bonchev–Trinajstić information content (AvgIpc) is 2.87. The van der Waals surface area contributed by atoms with Crippen molar-refractivity contribution in [1.29, 1.82) is 5.26 Å². The van der Waals surface area contributed by atoms with Gasteiger partial charge in [0.1, 0.15) is 22.9 Å². The van der Waals surface area contributed by atoms with E-state index < -0.39 is 0 Å². The van der Waals surface area contributed by atoms with E-state index in [0.29, 0.717) is 10.7 Å². The number of aromatic nitrogens is 3. The standard InChI is InChI=1S/C15H17ClN6/c1-20-13(16)10-19-14(20)11-21-5-7-22(8-6-21)15-12(9-17)3-2-4-18-15/h2-4,10H,5-8,11H2,1H3. The maximum absolute atomic E-state index is 9.18. The minimum absolute atomic E-state index is 0.631. The third kappa shape index (κ3) is 2.91. The minimum atomic E-state index is 0.631. The second-order valence-corrected chi connectivity index (χ2v) is 5.69. The maximum Gasteiger partial charge on any atom is 0.146 e. The number of hydrogen-bond donors (Lipinski definition) is 0. The summed E-state index contributed by atoms with van der Waals surface area (Å²) in [6, 6.07) is 5.81. The van der Waals surface area contributed by atoms with Crippen molar-refractivity contribution in [3.8, 4) is 6.07 Å². The normalized spacial score (nSPS) is 15.8. The van der Waals surface area contributed by atoms with Gasteiger partial charge >= 0.3 is 0 Å². The number of piperazine rings is 1. The van der Waals surface area contributed by atoms with Crippen LogP contribution in [-0.4, -0.2) is 45.6 Å². The Morgan fingerprint density at radius 1 is 1.27 bits per heavy atom. The quantitative estimate of drug-likeness (QED) is 0.862. The number of nitrogens with zero attached hydrogens (tertiary/aromatic N) is 6. The van der Waals surface area contributed by atoms with E-state index in [2.05, 4.69) is 25.8 Å². The summed E-state index contributed by atoms with van der Waals surface area (Å²) in [6.07, 6.45) is 3.42. The summed E-state index contributed by atoms with van der Waals surface area (Å²) in [7, 11) is 1.92. The van der Waals surface area contributed by atoms with Crippen LogP contribution in [0.3, 0.4) is 0 Å². The Morgan fingerprint density at radius 3 is 2.68 bits per heavy atom. The third-order valence-corrected chi connectivity index (χ3v) is 4.32. The molecule has 7 heteroatoms. The average molecular weight is 317 g/mol. The van der Waals surface area contributed by atoms with Gasteiger partial charge in [-0.25, -0.2) is 9.97 Å². The number of imidazole rings is 1. The van der Waals surface area contributed by atoms with Crippen LogP contribution >= 0.6 is 11.6 Å². The molecule has 1 aliphatic rings. The van der Waals surface area contributed by atoms with Crippen LogP contribution in [0.4, 0.5) is 5.82 Å². The summed E-state index contributed by atoms with van der Waals surface area (Å²) in [5.74, 6) is 1.75. The van der Waals surface area contributed by atoms with Gasteiger partial charge in [-0.3, -0.25) is 4.90 Å². The van der Waals surface area contributed by atoms with Gasteiger partial charge in [0.05, 0.1) is 18.3 Å². The van der Waals surface area contributed by atoms with Crippen LogP contribution < -0.4 is 4.90 Å². The van der Waals surface area contributed by atoms with Gasteiger partial charge in [-0.2, -0.15) is 5.26 Å². The highest BCUT2D eigenvalue weighted by molar-refractivity contribution is 6.29. The van der Waals surface area contributed by atoms with Crippen molar-refractivity contribution in [1.82, 2.24) is 19.4 Å². The van der Waals surface area contributed by atoms with Gasteiger partial charge in [-0.05, 0) is 12.1 Å². The summed E-state index contributed by atoms with van der Waals surface area (Å²) < 4.78 is 1.90. The Bertz CT molecular complexity index is 696. The van der Waals surface area contributed by atoms with E-state index in [1.807, 2.05) is 17.7 Å². The molecule has 2 aromatic heterocycles. The second kappa shape index (κ2) is 6.34. The van der Waals surface area contributed by atoms with Crippen LogP contribution in [0.1, 0.15) is 11.4 Å². The van der Waals surface area contributed by atoms with Crippen molar-refractivity contribution in [2.24, 2.45) is 7.05 Å². The number of hydrogen-bond acceptors (Lipinski definition) is 5.